The highest BCUT2D eigenvalue weighted by atomic mass is 16.5. The average Bonchev–Trinajstić information content (AvgIpc) is 2.29. The first kappa shape index (κ1) is 12.9. The molecule has 15 heavy (non-hydrogen) atoms. The molecule has 0 aromatic heterocycles. The van der Waals surface area contributed by atoms with Crippen molar-refractivity contribution < 1.29 is 9.47 Å². The van der Waals surface area contributed by atoms with E-state index in [9.17, 15) is 0 Å². The number of hydrogen-bond donors (Lipinski definition) is 1. The molecule has 0 bridgehead atoms. The fraction of sp³-hybridized carbons (Fsp3) is 1.00. The second kappa shape index (κ2) is 9.13. The van der Waals surface area contributed by atoms with Crippen LogP contribution in [0.15, 0.2) is 0 Å². The van der Waals surface area contributed by atoms with Crippen molar-refractivity contribution in [1.82, 2.24) is 5.32 Å². The zero-order valence-electron chi connectivity index (χ0n) is 9.96. The van der Waals surface area contributed by atoms with Gasteiger partial charge in [-0.3, -0.25) is 0 Å². The Morgan fingerprint density at radius 2 is 2.07 bits per heavy atom. The molecule has 1 fully saturated rings. The number of nitrogens with one attached hydrogen (secondary N) is 1. The quantitative estimate of drug-likeness (QED) is 0.627. The van der Waals surface area contributed by atoms with Crippen molar-refractivity contribution in [2.75, 3.05) is 39.5 Å². The molecule has 1 aliphatic rings. The first-order valence-electron chi connectivity index (χ1n) is 6.29. The molecule has 0 saturated carbocycles. The van der Waals surface area contributed by atoms with Crippen LogP contribution in [-0.2, 0) is 9.47 Å². The lowest BCUT2D eigenvalue weighted by molar-refractivity contribution is 0.0662. The molecule has 1 saturated heterocycles. The van der Waals surface area contributed by atoms with Crippen LogP contribution in [-0.4, -0.2) is 39.5 Å². The molecule has 0 radical (unpaired) electrons. The van der Waals surface area contributed by atoms with Crippen LogP contribution >= 0.6 is 0 Å². The molecule has 1 aliphatic heterocycles. The summed E-state index contributed by atoms with van der Waals surface area (Å²) in [5.74, 6) is 0.839. The lowest BCUT2D eigenvalue weighted by atomic mass is 10.0. The molecule has 0 amide bonds. The van der Waals surface area contributed by atoms with Gasteiger partial charge in [-0.1, -0.05) is 0 Å². The van der Waals surface area contributed by atoms with Gasteiger partial charge in [-0.05, 0) is 51.6 Å². The highest BCUT2D eigenvalue weighted by molar-refractivity contribution is 4.65. The molecule has 0 spiro atoms. The second-order valence-corrected chi connectivity index (χ2v) is 4.16. The number of hydrogen-bond acceptors (Lipinski definition) is 3. The molecule has 0 aliphatic carbocycles. The lowest BCUT2D eigenvalue weighted by Crippen LogP contribution is -2.28. The molecule has 90 valence electrons. The van der Waals surface area contributed by atoms with Gasteiger partial charge in [0.1, 0.15) is 0 Å². The normalized spacial score (nSPS) is 18.2. The molecule has 1 rings (SSSR count). The average molecular weight is 215 g/mol. The molecule has 1 heterocycles. The first-order valence-corrected chi connectivity index (χ1v) is 6.29. The monoisotopic (exact) mass is 215 g/mol. The minimum absolute atomic E-state index is 0.839. The van der Waals surface area contributed by atoms with Gasteiger partial charge in [0, 0.05) is 26.4 Å². The third-order valence-electron chi connectivity index (χ3n) is 2.87. The van der Waals surface area contributed by atoms with Crippen LogP contribution in [0.1, 0.15) is 32.6 Å². The Kier molecular flexibility index (Phi) is 7.88. The first-order chi connectivity index (χ1) is 7.43. The van der Waals surface area contributed by atoms with Gasteiger partial charge < -0.3 is 14.8 Å². The number of unbranched alkanes of at least 4 members (excludes halogenated alkanes) is 1. The highest BCUT2D eigenvalue weighted by Gasteiger charge is 2.12. The van der Waals surface area contributed by atoms with E-state index in [2.05, 4.69) is 5.32 Å². The maximum absolute atomic E-state index is 5.33. The Morgan fingerprint density at radius 3 is 2.80 bits per heavy atom. The van der Waals surface area contributed by atoms with Crippen LogP contribution in [0.25, 0.3) is 0 Å². The predicted molar refractivity (Wildman–Crippen MR) is 62.1 cm³/mol. The van der Waals surface area contributed by atoms with E-state index in [0.29, 0.717) is 0 Å². The van der Waals surface area contributed by atoms with Gasteiger partial charge in [0.15, 0.2) is 0 Å². The molecule has 3 heteroatoms. The molecular formula is C12H25NO2. The topological polar surface area (TPSA) is 30.5 Å². The van der Waals surface area contributed by atoms with Crippen LogP contribution < -0.4 is 5.32 Å². The van der Waals surface area contributed by atoms with Gasteiger partial charge in [0.2, 0.25) is 0 Å². The molecule has 0 unspecified atom stereocenters. The largest absolute Gasteiger partial charge is 0.382 e. The lowest BCUT2D eigenvalue weighted by Gasteiger charge is -2.22. The van der Waals surface area contributed by atoms with E-state index in [1.165, 1.54) is 25.7 Å². The minimum Gasteiger partial charge on any atom is -0.382 e. The third-order valence-corrected chi connectivity index (χ3v) is 2.87. The second-order valence-electron chi connectivity index (χ2n) is 4.16. The standard InChI is InChI=1S/C12H25NO2/c1-2-14-8-4-3-7-13-11-12-5-9-15-10-6-12/h12-13H,2-11H2,1H3. The van der Waals surface area contributed by atoms with Crippen molar-refractivity contribution in [2.45, 2.75) is 32.6 Å². The molecular weight excluding hydrogens is 190 g/mol. The van der Waals surface area contributed by atoms with Crippen LogP contribution in [0, 0.1) is 5.92 Å². The van der Waals surface area contributed by atoms with Gasteiger partial charge in [0.05, 0.1) is 0 Å². The van der Waals surface area contributed by atoms with Crippen molar-refractivity contribution in [3.8, 4) is 0 Å². The van der Waals surface area contributed by atoms with E-state index in [4.69, 9.17) is 9.47 Å². The maximum atomic E-state index is 5.33. The van der Waals surface area contributed by atoms with Crippen LogP contribution in [0.5, 0.6) is 0 Å². The van der Waals surface area contributed by atoms with Gasteiger partial charge >= 0.3 is 0 Å². The SMILES string of the molecule is CCOCCCCNCC1CCOCC1. The molecule has 1 N–H and O–H groups in total. The van der Waals surface area contributed by atoms with Gasteiger partial charge in [-0.2, -0.15) is 0 Å². The van der Waals surface area contributed by atoms with E-state index < -0.39 is 0 Å². The van der Waals surface area contributed by atoms with Crippen molar-refractivity contribution in [1.29, 1.82) is 0 Å². The maximum Gasteiger partial charge on any atom is 0.0469 e. The summed E-state index contributed by atoms with van der Waals surface area (Å²) in [6.07, 6.45) is 4.86. The fourth-order valence-electron chi connectivity index (χ4n) is 1.86. The fourth-order valence-corrected chi connectivity index (χ4v) is 1.86. The van der Waals surface area contributed by atoms with Crippen molar-refractivity contribution in [3.05, 3.63) is 0 Å². The van der Waals surface area contributed by atoms with E-state index >= 15 is 0 Å². The van der Waals surface area contributed by atoms with Gasteiger partial charge in [-0.25, -0.2) is 0 Å². The molecule has 0 aromatic rings. The summed E-state index contributed by atoms with van der Waals surface area (Å²) in [5.41, 5.74) is 0. The molecule has 0 atom stereocenters. The Morgan fingerprint density at radius 1 is 1.27 bits per heavy atom. The Balaban J connectivity index is 1.79. The Bertz CT molecular complexity index is 136. The van der Waals surface area contributed by atoms with E-state index in [0.717, 1.165) is 45.4 Å². The number of rotatable bonds is 8. The summed E-state index contributed by atoms with van der Waals surface area (Å²) in [6, 6.07) is 0. The van der Waals surface area contributed by atoms with Gasteiger partial charge in [0.25, 0.3) is 0 Å². The zero-order chi connectivity index (χ0) is 10.8. The van der Waals surface area contributed by atoms with E-state index in [1.807, 2.05) is 6.92 Å². The van der Waals surface area contributed by atoms with E-state index in [-0.39, 0.29) is 0 Å². The van der Waals surface area contributed by atoms with E-state index in [1.54, 1.807) is 0 Å². The third kappa shape index (κ3) is 6.88. The Hall–Kier alpha value is -0.120. The van der Waals surface area contributed by atoms with Crippen LogP contribution in [0.3, 0.4) is 0 Å². The minimum atomic E-state index is 0.839. The van der Waals surface area contributed by atoms with Crippen LogP contribution in [0.2, 0.25) is 0 Å². The predicted octanol–water partition coefficient (Wildman–Crippen LogP) is 1.82. The Labute approximate surface area is 93.5 Å². The van der Waals surface area contributed by atoms with Gasteiger partial charge in [-0.15, -0.1) is 0 Å². The van der Waals surface area contributed by atoms with Crippen LogP contribution in [0.4, 0.5) is 0 Å². The van der Waals surface area contributed by atoms with Crippen molar-refractivity contribution in [3.63, 3.8) is 0 Å². The summed E-state index contributed by atoms with van der Waals surface area (Å²) in [6.45, 7) is 8.00. The summed E-state index contributed by atoms with van der Waals surface area (Å²) >= 11 is 0. The van der Waals surface area contributed by atoms with Crippen molar-refractivity contribution in [2.24, 2.45) is 5.92 Å². The smallest absolute Gasteiger partial charge is 0.0469 e. The summed E-state index contributed by atoms with van der Waals surface area (Å²) < 4.78 is 10.6. The van der Waals surface area contributed by atoms with Crippen molar-refractivity contribution >= 4 is 0 Å². The summed E-state index contributed by atoms with van der Waals surface area (Å²) in [7, 11) is 0. The number of ether oxygens (including phenoxy) is 2. The molecule has 0 aromatic carbocycles. The molecule has 3 nitrogen and oxygen atoms in total. The zero-order valence-corrected chi connectivity index (χ0v) is 9.96. The summed E-state index contributed by atoms with van der Waals surface area (Å²) in [5, 5.41) is 3.52. The highest BCUT2D eigenvalue weighted by Crippen LogP contribution is 2.12. The summed E-state index contributed by atoms with van der Waals surface area (Å²) in [4.78, 5) is 0.